The molecule has 0 saturated heterocycles. The smallest absolute Gasteiger partial charge is 0.404 e. The lowest BCUT2D eigenvalue weighted by Gasteiger charge is -2.18. The molecule has 3 nitrogen and oxygen atoms in total. The summed E-state index contributed by atoms with van der Waals surface area (Å²) >= 11 is 0. The van der Waals surface area contributed by atoms with E-state index in [2.05, 4.69) is 4.74 Å². The van der Waals surface area contributed by atoms with Gasteiger partial charge in [0.25, 0.3) is 0 Å². The maximum absolute atomic E-state index is 12.6. The maximum Gasteiger partial charge on any atom is 0.404 e. The molecular weight excluding hydrogens is 249 g/mol. The van der Waals surface area contributed by atoms with Gasteiger partial charge in [0.15, 0.2) is 5.92 Å². The topological polar surface area (TPSA) is 35.5 Å². The van der Waals surface area contributed by atoms with Crippen LogP contribution in [-0.2, 0) is 14.3 Å². The van der Waals surface area contributed by atoms with Gasteiger partial charge >= 0.3 is 12.1 Å². The predicted molar refractivity (Wildman–Crippen MR) is 61.1 cm³/mol. The highest BCUT2D eigenvalue weighted by Crippen LogP contribution is 2.27. The van der Waals surface area contributed by atoms with Crippen molar-refractivity contribution in [2.24, 2.45) is 5.92 Å². The Labute approximate surface area is 106 Å². The van der Waals surface area contributed by atoms with Gasteiger partial charge in [0.05, 0.1) is 13.2 Å². The Morgan fingerprint density at radius 1 is 1.11 bits per heavy atom. The molecule has 0 bridgehead atoms. The number of carbonyl (C=O) groups is 1. The molecule has 1 atom stereocenters. The largest absolute Gasteiger partial charge is 0.465 e. The average molecular weight is 270 g/mol. The fourth-order valence-electron chi connectivity index (χ4n) is 1.16. The Balaban J connectivity index is 4.18. The molecule has 0 saturated carbocycles. The number of unbranched alkanes of at least 4 members (excludes halogenated alkanes) is 2. The number of hydrogen-bond donors (Lipinski definition) is 0. The number of hydrogen-bond acceptors (Lipinski definition) is 3. The second-order valence-electron chi connectivity index (χ2n) is 4.04. The zero-order chi connectivity index (χ0) is 14.0. The van der Waals surface area contributed by atoms with E-state index in [9.17, 15) is 18.0 Å². The van der Waals surface area contributed by atoms with Gasteiger partial charge in [-0.2, -0.15) is 13.2 Å². The quantitative estimate of drug-likeness (QED) is 0.476. The van der Waals surface area contributed by atoms with Crippen LogP contribution >= 0.6 is 0 Å². The fourth-order valence-corrected chi connectivity index (χ4v) is 1.16. The van der Waals surface area contributed by atoms with Crippen LogP contribution in [0.1, 0.15) is 39.5 Å². The van der Waals surface area contributed by atoms with Crippen molar-refractivity contribution in [2.45, 2.75) is 45.7 Å². The van der Waals surface area contributed by atoms with Gasteiger partial charge < -0.3 is 9.47 Å². The second kappa shape index (κ2) is 9.19. The highest BCUT2D eigenvalue weighted by atomic mass is 19.4. The van der Waals surface area contributed by atoms with E-state index in [-0.39, 0.29) is 13.2 Å². The zero-order valence-electron chi connectivity index (χ0n) is 10.9. The third-order valence-corrected chi connectivity index (χ3v) is 2.35. The van der Waals surface area contributed by atoms with Crippen molar-refractivity contribution in [1.29, 1.82) is 0 Å². The molecule has 0 radical (unpaired) electrons. The number of rotatable bonds is 9. The van der Waals surface area contributed by atoms with Gasteiger partial charge in [-0.3, -0.25) is 4.79 Å². The summed E-state index contributed by atoms with van der Waals surface area (Å²) < 4.78 is 47.3. The van der Waals surface area contributed by atoms with Gasteiger partial charge in [-0.1, -0.05) is 26.7 Å². The highest BCUT2D eigenvalue weighted by molar-refractivity contribution is 5.73. The molecule has 0 aliphatic carbocycles. The lowest BCUT2D eigenvalue weighted by atomic mass is 10.1. The third-order valence-electron chi connectivity index (χ3n) is 2.35. The van der Waals surface area contributed by atoms with E-state index in [1.54, 1.807) is 0 Å². The number of esters is 1. The van der Waals surface area contributed by atoms with E-state index >= 15 is 0 Å². The molecule has 0 fully saturated rings. The molecule has 0 aromatic rings. The van der Waals surface area contributed by atoms with Crippen LogP contribution in [0, 0.1) is 5.92 Å². The molecule has 0 aromatic carbocycles. The van der Waals surface area contributed by atoms with Crippen LogP contribution in [-0.4, -0.2) is 32.0 Å². The zero-order valence-corrected chi connectivity index (χ0v) is 10.9. The molecule has 18 heavy (non-hydrogen) atoms. The van der Waals surface area contributed by atoms with E-state index in [1.165, 1.54) is 0 Å². The van der Waals surface area contributed by atoms with Crippen molar-refractivity contribution in [2.75, 3.05) is 19.8 Å². The summed E-state index contributed by atoms with van der Waals surface area (Å²) in [4.78, 5) is 11.3. The van der Waals surface area contributed by atoms with Gasteiger partial charge in [0.2, 0.25) is 0 Å². The average Bonchev–Trinajstić information content (AvgIpc) is 2.27. The van der Waals surface area contributed by atoms with Crippen molar-refractivity contribution in [1.82, 2.24) is 0 Å². The first-order chi connectivity index (χ1) is 8.43. The Morgan fingerprint density at radius 2 is 1.67 bits per heavy atom. The van der Waals surface area contributed by atoms with E-state index in [0.717, 1.165) is 12.8 Å². The minimum Gasteiger partial charge on any atom is -0.465 e. The van der Waals surface area contributed by atoms with Crippen molar-refractivity contribution >= 4 is 5.97 Å². The van der Waals surface area contributed by atoms with Gasteiger partial charge in [0, 0.05) is 6.61 Å². The molecule has 0 aromatic heterocycles. The van der Waals surface area contributed by atoms with E-state index < -0.39 is 24.7 Å². The summed E-state index contributed by atoms with van der Waals surface area (Å²) in [7, 11) is 0. The Hall–Kier alpha value is -0.780. The lowest BCUT2D eigenvalue weighted by molar-refractivity contribution is -0.206. The SMILES string of the molecule is CCCCOCC(C(=O)OCCCC)C(F)(F)F. The Kier molecular flexibility index (Phi) is 8.79. The molecule has 0 N–H and O–H groups in total. The summed E-state index contributed by atoms with van der Waals surface area (Å²) in [6.45, 7) is 3.36. The molecular formula is C12H21F3O3. The van der Waals surface area contributed by atoms with E-state index in [0.29, 0.717) is 12.8 Å². The van der Waals surface area contributed by atoms with Crippen LogP contribution in [0.3, 0.4) is 0 Å². The first-order valence-electron chi connectivity index (χ1n) is 6.24. The van der Waals surface area contributed by atoms with Gasteiger partial charge in [0.1, 0.15) is 0 Å². The molecule has 108 valence electrons. The molecule has 0 heterocycles. The normalized spacial score (nSPS) is 13.4. The second-order valence-corrected chi connectivity index (χ2v) is 4.04. The van der Waals surface area contributed by atoms with Crippen molar-refractivity contribution in [3.05, 3.63) is 0 Å². The van der Waals surface area contributed by atoms with Crippen LogP contribution in [0.15, 0.2) is 0 Å². The Bertz CT molecular complexity index is 229. The molecule has 1 unspecified atom stereocenters. The maximum atomic E-state index is 12.6. The number of carbonyl (C=O) groups excluding carboxylic acids is 1. The first kappa shape index (κ1) is 17.2. The molecule has 0 aliphatic heterocycles. The van der Waals surface area contributed by atoms with Crippen LogP contribution in [0.5, 0.6) is 0 Å². The van der Waals surface area contributed by atoms with E-state index in [4.69, 9.17) is 4.74 Å². The fraction of sp³-hybridized carbons (Fsp3) is 0.917. The third kappa shape index (κ3) is 7.53. The van der Waals surface area contributed by atoms with E-state index in [1.807, 2.05) is 13.8 Å². The number of ether oxygens (including phenoxy) is 2. The predicted octanol–water partition coefficient (Wildman–Crippen LogP) is 3.32. The summed E-state index contributed by atoms with van der Waals surface area (Å²) in [6.07, 6.45) is -1.79. The Morgan fingerprint density at radius 3 is 2.17 bits per heavy atom. The minimum absolute atomic E-state index is 0.0247. The van der Waals surface area contributed by atoms with Crippen molar-refractivity contribution in [3.8, 4) is 0 Å². The highest BCUT2D eigenvalue weighted by Gasteiger charge is 2.46. The summed E-state index contributed by atoms with van der Waals surface area (Å²) in [5.74, 6) is -3.42. The molecule has 0 amide bonds. The van der Waals surface area contributed by atoms with Gasteiger partial charge in [-0.15, -0.1) is 0 Å². The van der Waals surface area contributed by atoms with Crippen LogP contribution in [0.4, 0.5) is 13.2 Å². The molecule has 0 rings (SSSR count). The molecule has 0 aliphatic rings. The number of halogens is 3. The molecule has 6 heteroatoms. The van der Waals surface area contributed by atoms with Crippen LogP contribution in [0.2, 0.25) is 0 Å². The van der Waals surface area contributed by atoms with Crippen LogP contribution < -0.4 is 0 Å². The van der Waals surface area contributed by atoms with Crippen molar-refractivity contribution in [3.63, 3.8) is 0 Å². The minimum atomic E-state index is -4.62. The number of alkyl halides is 3. The van der Waals surface area contributed by atoms with Gasteiger partial charge in [-0.05, 0) is 12.8 Å². The summed E-state index contributed by atoms with van der Waals surface area (Å²) in [5.41, 5.74) is 0. The van der Waals surface area contributed by atoms with Gasteiger partial charge in [-0.25, -0.2) is 0 Å². The summed E-state index contributed by atoms with van der Waals surface area (Å²) in [6, 6.07) is 0. The van der Waals surface area contributed by atoms with Crippen molar-refractivity contribution < 1.29 is 27.4 Å². The summed E-state index contributed by atoms with van der Waals surface area (Å²) in [5, 5.41) is 0. The standard InChI is InChI=1S/C12H21F3O3/c1-3-5-7-17-9-10(12(13,14)15)11(16)18-8-6-4-2/h10H,3-9H2,1-2H3. The lowest BCUT2D eigenvalue weighted by Crippen LogP contribution is -2.36. The first-order valence-corrected chi connectivity index (χ1v) is 6.24. The monoisotopic (exact) mass is 270 g/mol. The van der Waals surface area contributed by atoms with Crippen LogP contribution in [0.25, 0.3) is 0 Å². The molecule has 0 spiro atoms.